The third kappa shape index (κ3) is 4.97. The molecule has 4 heteroatoms. The van der Waals surface area contributed by atoms with E-state index in [1.165, 1.54) is 5.56 Å². The number of aromatic nitrogens is 1. The van der Waals surface area contributed by atoms with E-state index in [-0.39, 0.29) is 0 Å². The van der Waals surface area contributed by atoms with Crippen molar-refractivity contribution in [3.63, 3.8) is 0 Å². The van der Waals surface area contributed by atoms with Crippen molar-refractivity contribution in [2.24, 2.45) is 0 Å². The van der Waals surface area contributed by atoms with E-state index in [0.717, 1.165) is 38.9 Å². The molecule has 0 unspecified atom stereocenters. The Bertz CT molecular complexity index is 1130. The van der Waals surface area contributed by atoms with Crippen LogP contribution in [0, 0.1) is 6.92 Å². The fourth-order valence-electron chi connectivity index (χ4n) is 3.03. The van der Waals surface area contributed by atoms with Crippen LogP contribution in [0.25, 0.3) is 23.4 Å². The van der Waals surface area contributed by atoms with E-state index in [9.17, 15) is 0 Å². The molecule has 0 amide bonds. The molecule has 0 fully saturated rings. The molecule has 1 aromatic heterocycles. The molecule has 4 aromatic rings. The molecule has 3 nitrogen and oxygen atoms in total. The molecule has 0 aliphatic heterocycles. The number of hydrogen-bond donors (Lipinski definition) is 0. The number of aryl methyl sites for hydroxylation is 1. The Morgan fingerprint density at radius 2 is 1.70 bits per heavy atom. The van der Waals surface area contributed by atoms with E-state index >= 15 is 0 Å². The minimum absolute atomic E-state index is 0.497. The zero-order valence-electron chi connectivity index (χ0n) is 17.0. The molecule has 30 heavy (non-hydrogen) atoms. The first-order chi connectivity index (χ1) is 14.7. The molecule has 150 valence electrons. The van der Waals surface area contributed by atoms with Gasteiger partial charge < -0.3 is 9.47 Å². The molecule has 0 bridgehead atoms. The van der Waals surface area contributed by atoms with Crippen LogP contribution in [0.2, 0.25) is 0 Å². The summed E-state index contributed by atoms with van der Waals surface area (Å²) in [5.41, 5.74) is 5.54. The van der Waals surface area contributed by atoms with Gasteiger partial charge in [-0.05, 0) is 36.3 Å². The zero-order valence-corrected chi connectivity index (χ0v) is 17.9. The molecule has 0 N–H and O–H groups in total. The van der Waals surface area contributed by atoms with Crippen molar-refractivity contribution in [3.8, 4) is 22.8 Å². The highest BCUT2D eigenvalue weighted by atomic mass is 32.1. The Morgan fingerprint density at radius 1 is 0.900 bits per heavy atom. The molecule has 3 aromatic carbocycles. The van der Waals surface area contributed by atoms with Gasteiger partial charge in [-0.2, -0.15) is 0 Å². The smallest absolute Gasteiger partial charge is 0.162 e. The lowest BCUT2D eigenvalue weighted by atomic mass is 10.1. The van der Waals surface area contributed by atoms with Crippen LogP contribution in [0.4, 0.5) is 0 Å². The Balaban J connectivity index is 1.49. The molecule has 0 saturated heterocycles. The third-order valence-electron chi connectivity index (χ3n) is 4.71. The fraction of sp³-hybridized carbons (Fsp3) is 0.115. The van der Waals surface area contributed by atoms with Crippen LogP contribution in [0.3, 0.4) is 0 Å². The van der Waals surface area contributed by atoms with Gasteiger partial charge in [0.25, 0.3) is 0 Å². The maximum Gasteiger partial charge on any atom is 0.162 e. The number of methoxy groups -OCH3 is 1. The Hall–Kier alpha value is -3.37. The van der Waals surface area contributed by atoms with Crippen LogP contribution in [-0.2, 0) is 6.61 Å². The molecule has 0 atom stereocenters. The first-order valence-electron chi connectivity index (χ1n) is 9.77. The van der Waals surface area contributed by atoms with Gasteiger partial charge in [-0.3, -0.25) is 0 Å². The summed E-state index contributed by atoms with van der Waals surface area (Å²) in [6.45, 7) is 2.59. The minimum Gasteiger partial charge on any atom is -0.493 e. The number of benzene rings is 3. The summed E-state index contributed by atoms with van der Waals surface area (Å²) in [5, 5.41) is 3.06. The summed E-state index contributed by atoms with van der Waals surface area (Å²) in [4.78, 5) is 4.73. The standard InChI is InChI=1S/C26H23NO2S/c1-19-8-12-22(13-9-19)23-18-30-26(27-23)15-11-20-10-14-24(28-2)25(16-20)29-17-21-6-4-3-5-7-21/h3-16,18H,17H2,1-2H3/b15-11+. The predicted octanol–water partition coefficient (Wildman–Crippen LogP) is 6.88. The van der Waals surface area contributed by atoms with Gasteiger partial charge in [0.2, 0.25) is 0 Å². The van der Waals surface area contributed by atoms with E-state index in [1.54, 1.807) is 18.4 Å². The third-order valence-corrected chi connectivity index (χ3v) is 5.52. The van der Waals surface area contributed by atoms with Crippen LogP contribution < -0.4 is 9.47 Å². The van der Waals surface area contributed by atoms with E-state index in [2.05, 4.69) is 36.6 Å². The number of rotatable bonds is 7. The Labute approximate surface area is 181 Å². The second-order valence-corrected chi connectivity index (χ2v) is 7.84. The van der Waals surface area contributed by atoms with Crippen LogP contribution in [-0.4, -0.2) is 12.1 Å². The first-order valence-corrected chi connectivity index (χ1v) is 10.6. The quantitative estimate of drug-likeness (QED) is 0.331. The normalized spacial score (nSPS) is 11.0. The summed E-state index contributed by atoms with van der Waals surface area (Å²) in [6.07, 6.45) is 4.08. The van der Waals surface area contributed by atoms with E-state index < -0.39 is 0 Å². The van der Waals surface area contributed by atoms with Crippen molar-refractivity contribution < 1.29 is 9.47 Å². The van der Waals surface area contributed by atoms with Crippen molar-refractivity contribution in [1.29, 1.82) is 0 Å². The molecule has 0 aliphatic carbocycles. The van der Waals surface area contributed by atoms with Gasteiger partial charge in [0.05, 0.1) is 12.8 Å². The second kappa shape index (κ2) is 9.42. The fourth-order valence-corrected chi connectivity index (χ4v) is 3.75. The summed E-state index contributed by atoms with van der Waals surface area (Å²) in [7, 11) is 1.66. The van der Waals surface area contributed by atoms with Gasteiger partial charge in [-0.25, -0.2) is 4.98 Å². The predicted molar refractivity (Wildman–Crippen MR) is 125 cm³/mol. The lowest BCUT2D eigenvalue weighted by Gasteiger charge is -2.11. The van der Waals surface area contributed by atoms with Gasteiger partial charge in [0.1, 0.15) is 11.6 Å². The molecule has 0 radical (unpaired) electrons. The van der Waals surface area contributed by atoms with Crippen molar-refractivity contribution >= 4 is 23.5 Å². The molecular weight excluding hydrogens is 390 g/mol. The number of hydrogen-bond acceptors (Lipinski definition) is 4. The number of thiazole rings is 1. The zero-order chi connectivity index (χ0) is 20.8. The minimum atomic E-state index is 0.497. The van der Waals surface area contributed by atoms with Crippen LogP contribution >= 0.6 is 11.3 Å². The monoisotopic (exact) mass is 413 g/mol. The maximum absolute atomic E-state index is 6.01. The van der Waals surface area contributed by atoms with E-state index in [4.69, 9.17) is 14.5 Å². The van der Waals surface area contributed by atoms with Crippen molar-refractivity contribution in [2.75, 3.05) is 7.11 Å². The van der Waals surface area contributed by atoms with Crippen molar-refractivity contribution in [2.45, 2.75) is 13.5 Å². The SMILES string of the molecule is COc1ccc(/C=C/c2nc(-c3ccc(C)cc3)cs2)cc1OCc1ccccc1. The van der Waals surface area contributed by atoms with Crippen LogP contribution in [0.1, 0.15) is 21.7 Å². The molecule has 0 spiro atoms. The van der Waals surface area contributed by atoms with Crippen LogP contribution in [0.15, 0.2) is 78.2 Å². The second-order valence-electron chi connectivity index (χ2n) is 6.95. The number of ether oxygens (including phenoxy) is 2. The molecule has 4 rings (SSSR count). The first kappa shape index (κ1) is 19.9. The van der Waals surface area contributed by atoms with E-state index in [1.807, 2.05) is 60.7 Å². The van der Waals surface area contributed by atoms with Crippen LogP contribution in [0.5, 0.6) is 11.5 Å². The molecule has 1 heterocycles. The van der Waals surface area contributed by atoms with Gasteiger partial charge >= 0.3 is 0 Å². The summed E-state index contributed by atoms with van der Waals surface area (Å²) in [5.74, 6) is 1.45. The Kier molecular flexibility index (Phi) is 6.26. The van der Waals surface area contributed by atoms with Gasteiger partial charge in [0.15, 0.2) is 11.5 Å². The highest BCUT2D eigenvalue weighted by Crippen LogP contribution is 2.30. The van der Waals surface area contributed by atoms with Crippen molar-refractivity contribution in [1.82, 2.24) is 4.98 Å². The average Bonchev–Trinajstić information content (AvgIpc) is 3.26. The maximum atomic E-state index is 6.01. The van der Waals surface area contributed by atoms with Crippen molar-refractivity contribution in [3.05, 3.63) is 99.9 Å². The summed E-state index contributed by atoms with van der Waals surface area (Å²) < 4.78 is 11.5. The van der Waals surface area contributed by atoms with Gasteiger partial charge in [0, 0.05) is 10.9 Å². The number of nitrogens with zero attached hydrogens (tertiary/aromatic N) is 1. The lowest BCUT2D eigenvalue weighted by Crippen LogP contribution is -1.97. The lowest BCUT2D eigenvalue weighted by molar-refractivity contribution is 0.284. The highest BCUT2D eigenvalue weighted by molar-refractivity contribution is 7.10. The molecular formula is C26H23NO2S. The van der Waals surface area contributed by atoms with Gasteiger partial charge in [-0.15, -0.1) is 11.3 Å². The topological polar surface area (TPSA) is 31.4 Å². The van der Waals surface area contributed by atoms with Gasteiger partial charge in [-0.1, -0.05) is 72.3 Å². The summed E-state index contributed by atoms with van der Waals surface area (Å²) >= 11 is 1.63. The average molecular weight is 414 g/mol. The summed E-state index contributed by atoms with van der Waals surface area (Å²) in [6, 6.07) is 24.5. The largest absolute Gasteiger partial charge is 0.493 e. The highest BCUT2D eigenvalue weighted by Gasteiger charge is 2.06. The Morgan fingerprint density at radius 3 is 2.47 bits per heavy atom. The molecule has 0 aliphatic rings. The van der Waals surface area contributed by atoms with E-state index in [0.29, 0.717) is 6.61 Å². The molecule has 0 saturated carbocycles.